The summed E-state index contributed by atoms with van der Waals surface area (Å²) in [6, 6.07) is 14.4. The summed E-state index contributed by atoms with van der Waals surface area (Å²) < 4.78 is 14.1. The van der Waals surface area contributed by atoms with Crippen LogP contribution in [0, 0.1) is 5.82 Å². The molecule has 5 nitrogen and oxygen atoms in total. The monoisotopic (exact) mass is 496 g/mol. The number of carbonyl (C=O) groups is 1. The normalized spacial score (nSPS) is 14.6. The lowest BCUT2D eigenvalue weighted by Gasteiger charge is -2.19. The van der Waals surface area contributed by atoms with E-state index >= 15 is 0 Å². The van der Waals surface area contributed by atoms with Crippen LogP contribution in [-0.4, -0.2) is 32.5 Å². The highest BCUT2D eigenvalue weighted by Crippen LogP contribution is 2.48. The predicted octanol–water partition coefficient (Wildman–Crippen LogP) is 3.20. The van der Waals surface area contributed by atoms with Gasteiger partial charge >= 0.3 is 0 Å². The largest absolute Gasteiger partial charge is 0.356 e. The van der Waals surface area contributed by atoms with Crippen LogP contribution in [0.1, 0.15) is 34.3 Å². The van der Waals surface area contributed by atoms with Crippen molar-refractivity contribution in [1.29, 1.82) is 0 Å². The van der Waals surface area contributed by atoms with Crippen molar-refractivity contribution in [1.82, 2.24) is 16.0 Å². The third kappa shape index (κ3) is 5.21. The van der Waals surface area contributed by atoms with Gasteiger partial charge in [0.1, 0.15) is 5.82 Å². The molecule has 1 amide bonds. The first-order chi connectivity index (χ1) is 13.1. The summed E-state index contributed by atoms with van der Waals surface area (Å²) in [5.74, 6) is 0.397. The molecule has 2 aromatic carbocycles. The lowest BCUT2D eigenvalue weighted by Crippen LogP contribution is -2.41. The number of halogens is 2. The maximum Gasteiger partial charge on any atom is 0.251 e. The quantitative estimate of drug-likeness (QED) is 0.327. The van der Waals surface area contributed by atoms with Gasteiger partial charge in [-0.05, 0) is 42.2 Å². The summed E-state index contributed by atoms with van der Waals surface area (Å²) in [6.07, 6.45) is 1.93. The predicted molar refractivity (Wildman–Crippen MR) is 121 cm³/mol. The van der Waals surface area contributed by atoms with E-state index in [4.69, 9.17) is 0 Å². The van der Waals surface area contributed by atoms with Crippen LogP contribution in [-0.2, 0) is 12.0 Å². The van der Waals surface area contributed by atoms with E-state index in [1.165, 1.54) is 6.07 Å². The van der Waals surface area contributed by atoms with Crippen molar-refractivity contribution < 1.29 is 9.18 Å². The summed E-state index contributed by atoms with van der Waals surface area (Å²) in [4.78, 5) is 16.0. The zero-order chi connectivity index (χ0) is 19.3. The fourth-order valence-electron chi connectivity index (χ4n) is 3.21. The van der Waals surface area contributed by atoms with Crippen molar-refractivity contribution in [3.05, 3.63) is 71.0 Å². The van der Waals surface area contributed by atoms with E-state index in [2.05, 4.69) is 20.9 Å². The second kappa shape index (κ2) is 9.86. The van der Waals surface area contributed by atoms with Gasteiger partial charge in [0.15, 0.2) is 5.96 Å². The molecule has 0 bridgehead atoms. The average molecular weight is 496 g/mol. The topological polar surface area (TPSA) is 65.5 Å². The van der Waals surface area contributed by atoms with Gasteiger partial charge in [-0.1, -0.05) is 30.3 Å². The Morgan fingerprint density at radius 2 is 1.89 bits per heavy atom. The Morgan fingerprint density at radius 3 is 2.54 bits per heavy atom. The number of carbonyl (C=O) groups excluding carboxylic acids is 1. The van der Waals surface area contributed by atoms with Gasteiger partial charge in [0.2, 0.25) is 0 Å². The number of nitrogens with one attached hydrogen (secondary N) is 3. The fourth-order valence-corrected chi connectivity index (χ4v) is 3.21. The summed E-state index contributed by atoms with van der Waals surface area (Å²) in [5, 5.41) is 9.18. The highest BCUT2D eigenvalue weighted by molar-refractivity contribution is 14.0. The van der Waals surface area contributed by atoms with Crippen molar-refractivity contribution in [2.24, 2.45) is 4.99 Å². The molecule has 2 aromatic rings. The second-order valence-corrected chi connectivity index (χ2v) is 6.82. The number of rotatable bonds is 6. The Balaban J connectivity index is 0.00000280. The molecule has 0 atom stereocenters. The molecule has 1 aliphatic carbocycles. The van der Waals surface area contributed by atoms with E-state index in [-0.39, 0.29) is 41.1 Å². The Labute approximate surface area is 182 Å². The van der Waals surface area contributed by atoms with E-state index in [1.807, 2.05) is 30.3 Å². The van der Waals surface area contributed by atoms with Crippen molar-refractivity contribution in [3.63, 3.8) is 0 Å². The van der Waals surface area contributed by atoms with Crippen LogP contribution in [0.3, 0.4) is 0 Å². The Morgan fingerprint density at radius 1 is 1.14 bits per heavy atom. The van der Waals surface area contributed by atoms with Crippen LogP contribution in [0.4, 0.5) is 4.39 Å². The van der Waals surface area contributed by atoms with Gasteiger partial charge in [0.25, 0.3) is 5.91 Å². The number of hydrogen-bond donors (Lipinski definition) is 3. The van der Waals surface area contributed by atoms with Gasteiger partial charge in [-0.15, -0.1) is 24.0 Å². The molecule has 3 N–H and O–H groups in total. The SMILES string of the molecule is CN=C(NCc1cccc(C(=O)NC)c1)NCC1(c2ccccc2F)CC1.I. The van der Waals surface area contributed by atoms with Gasteiger partial charge in [-0.25, -0.2) is 4.39 Å². The Hall–Kier alpha value is -2.16. The van der Waals surface area contributed by atoms with E-state index in [0.29, 0.717) is 24.6 Å². The first-order valence-corrected chi connectivity index (χ1v) is 9.08. The second-order valence-electron chi connectivity index (χ2n) is 6.82. The van der Waals surface area contributed by atoms with Crippen molar-refractivity contribution in [2.45, 2.75) is 24.8 Å². The number of amides is 1. The fraction of sp³-hybridized carbons (Fsp3) is 0.333. The maximum atomic E-state index is 14.1. The number of hydrogen-bond acceptors (Lipinski definition) is 2. The minimum Gasteiger partial charge on any atom is -0.356 e. The van der Waals surface area contributed by atoms with E-state index in [1.54, 1.807) is 26.2 Å². The summed E-state index contributed by atoms with van der Waals surface area (Å²) in [7, 11) is 3.32. The number of nitrogens with zero attached hydrogens (tertiary/aromatic N) is 1. The summed E-state index contributed by atoms with van der Waals surface area (Å²) in [5.41, 5.74) is 2.22. The molecule has 1 aliphatic rings. The van der Waals surface area contributed by atoms with Gasteiger partial charge in [-0.3, -0.25) is 9.79 Å². The van der Waals surface area contributed by atoms with E-state index < -0.39 is 0 Å². The van der Waals surface area contributed by atoms with Gasteiger partial charge < -0.3 is 16.0 Å². The maximum absolute atomic E-state index is 14.1. The van der Waals surface area contributed by atoms with Crippen LogP contribution in [0.2, 0.25) is 0 Å². The van der Waals surface area contributed by atoms with Crippen LogP contribution in [0.25, 0.3) is 0 Å². The lowest BCUT2D eigenvalue weighted by molar-refractivity contribution is 0.0963. The van der Waals surface area contributed by atoms with Gasteiger partial charge in [0, 0.05) is 38.2 Å². The van der Waals surface area contributed by atoms with Crippen LogP contribution in [0.5, 0.6) is 0 Å². The third-order valence-corrected chi connectivity index (χ3v) is 4.99. The smallest absolute Gasteiger partial charge is 0.251 e. The van der Waals surface area contributed by atoms with E-state index in [9.17, 15) is 9.18 Å². The number of guanidine groups is 1. The molecule has 0 heterocycles. The van der Waals surface area contributed by atoms with Crippen molar-refractivity contribution in [2.75, 3.05) is 20.6 Å². The summed E-state index contributed by atoms with van der Waals surface area (Å²) >= 11 is 0. The minimum absolute atomic E-state index is 0. The minimum atomic E-state index is -0.151. The highest BCUT2D eigenvalue weighted by Gasteiger charge is 2.45. The Kier molecular flexibility index (Phi) is 7.79. The average Bonchev–Trinajstić information content (AvgIpc) is 3.49. The van der Waals surface area contributed by atoms with Crippen LogP contribution in [0.15, 0.2) is 53.5 Å². The van der Waals surface area contributed by atoms with E-state index in [0.717, 1.165) is 24.0 Å². The van der Waals surface area contributed by atoms with Crippen LogP contribution >= 0.6 is 24.0 Å². The molecule has 0 saturated heterocycles. The molecule has 1 saturated carbocycles. The molecule has 28 heavy (non-hydrogen) atoms. The molecular formula is C21H26FIN4O. The molecule has 1 fully saturated rings. The van der Waals surface area contributed by atoms with Crippen LogP contribution < -0.4 is 16.0 Å². The van der Waals surface area contributed by atoms with Crippen molar-refractivity contribution >= 4 is 35.8 Å². The van der Waals surface area contributed by atoms with Gasteiger partial charge in [-0.2, -0.15) is 0 Å². The molecule has 0 unspecified atom stereocenters. The third-order valence-electron chi connectivity index (χ3n) is 4.99. The van der Waals surface area contributed by atoms with Gasteiger partial charge in [0.05, 0.1) is 0 Å². The molecule has 0 spiro atoms. The molecule has 0 radical (unpaired) electrons. The molecule has 7 heteroatoms. The molecule has 0 aliphatic heterocycles. The highest BCUT2D eigenvalue weighted by atomic mass is 127. The zero-order valence-electron chi connectivity index (χ0n) is 16.1. The molecular weight excluding hydrogens is 470 g/mol. The first-order valence-electron chi connectivity index (χ1n) is 9.08. The number of aliphatic imine (C=N–C) groups is 1. The van der Waals surface area contributed by atoms with Crippen molar-refractivity contribution in [3.8, 4) is 0 Å². The molecule has 3 rings (SSSR count). The molecule has 150 valence electrons. The standard InChI is InChI=1S/C21H25FN4O.HI/c1-23-19(27)16-7-5-6-15(12-16)13-25-20(24-2)26-14-21(10-11-21)17-8-3-4-9-18(17)22;/h3-9,12H,10-11,13-14H2,1-2H3,(H,23,27)(H2,24,25,26);1H. The molecule has 0 aromatic heterocycles. The zero-order valence-corrected chi connectivity index (χ0v) is 18.4. The lowest BCUT2D eigenvalue weighted by atomic mass is 9.95. The summed E-state index contributed by atoms with van der Waals surface area (Å²) in [6.45, 7) is 1.17. The number of benzene rings is 2. The first kappa shape index (κ1) is 22.1. The Bertz CT molecular complexity index is 852.